The van der Waals surface area contributed by atoms with Gasteiger partial charge in [0.25, 0.3) is 5.91 Å². The molecule has 0 spiro atoms. The predicted molar refractivity (Wildman–Crippen MR) is 114 cm³/mol. The normalized spacial score (nSPS) is 11.9. The third-order valence-electron chi connectivity index (χ3n) is 5.10. The van der Waals surface area contributed by atoms with Crippen molar-refractivity contribution in [3.8, 4) is 11.1 Å². The van der Waals surface area contributed by atoms with Crippen LogP contribution in [0, 0.1) is 0 Å². The lowest BCUT2D eigenvalue weighted by atomic mass is 9.98. The van der Waals surface area contributed by atoms with Crippen LogP contribution in [0.2, 0.25) is 0 Å². The molecule has 1 heterocycles. The van der Waals surface area contributed by atoms with Crippen LogP contribution in [-0.4, -0.2) is 46.2 Å². The number of benzene rings is 2. The number of amides is 2. The molecule has 0 fully saturated rings. The van der Waals surface area contributed by atoms with E-state index in [2.05, 4.69) is 32.7 Å². The van der Waals surface area contributed by atoms with Crippen molar-refractivity contribution >= 4 is 18.0 Å². The summed E-state index contributed by atoms with van der Waals surface area (Å²) in [6.07, 6.45) is 1.93. The van der Waals surface area contributed by atoms with Crippen LogP contribution in [0.15, 0.2) is 60.9 Å². The highest BCUT2D eigenvalue weighted by Gasteiger charge is 2.28. The first-order valence-corrected chi connectivity index (χ1v) is 9.92. The van der Waals surface area contributed by atoms with E-state index in [-0.39, 0.29) is 30.5 Å². The van der Waals surface area contributed by atoms with Crippen molar-refractivity contribution < 1.29 is 24.2 Å². The van der Waals surface area contributed by atoms with Crippen molar-refractivity contribution in [2.75, 3.05) is 13.2 Å². The van der Waals surface area contributed by atoms with Crippen molar-refractivity contribution in [2.45, 2.75) is 12.5 Å². The Balaban J connectivity index is 1.31. The van der Waals surface area contributed by atoms with Crippen LogP contribution >= 0.6 is 0 Å². The smallest absolute Gasteiger partial charge is 0.407 e. The second kappa shape index (κ2) is 9.25. The minimum Gasteiger partial charge on any atom is -0.480 e. The number of carboxylic acids is 1. The summed E-state index contributed by atoms with van der Waals surface area (Å²) in [5, 5.41) is 13.4. The fourth-order valence-electron chi connectivity index (χ4n) is 3.62. The Bertz CT molecular complexity index is 1120. The Morgan fingerprint density at radius 3 is 2.09 bits per heavy atom. The number of hydrogen-bond donors (Lipinski definition) is 3. The van der Waals surface area contributed by atoms with Gasteiger partial charge in [0.1, 0.15) is 19.0 Å². The monoisotopic (exact) mass is 432 g/mol. The zero-order chi connectivity index (χ0) is 22.5. The van der Waals surface area contributed by atoms with Gasteiger partial charge in [-0.2, -0.15) is 0 Å². The van der Waals surface area contributed by atoms with Crippen LogP contribution in [0.5, 0.6) is 0 Å². The van der Waals surface area contributed by atoms with E-state index in [1.807, 2.05) is 36.4 Å². The molecule has 0 atom stereocenters. The lowest BCUT2D eigenvalue weighted by Gasteiger charge is -2.14. The lowest BCUT2D eigenvalue weighted by Crippen LogP contribution is -2.30. The number of carbonyl (C=O) groups is 3. The molecule has 0 aliphatic heterocycles. The molecule has 1 aliphatic carbocycles. The van der Waals surface area contributed by atoms with Gasteiger partial charge in [-0.3, -0.25) is 9.59 Å². The number of carboxylic acid groups (broad SMARTS) is 1. The second-order valence-electron chi connectivity index (χ2n) is 7.14. The minimum atomic E-state index is -1.15. The number of fused-ring (bicyclic) bond motifs is 3. The van der Waals surface area contributed by atoms with E-state index in [4.69, 9.17) is 9.84 Å². The Morgan fingerprint density at radius 2 is 1.50 bits per heavy atom. The Hall–Kier alpha value is -4.27. The van der Waals surface area contributed by atoms with Crippen LogP contribution in [0.25, 0.3) is 11.1 Å². The van der Waals surface area contributed by atoms with E-state index in [0.717, 1.165) is 22.3 Å². The van der Waals surface area contributed by atoms with E-state index >= 15 is 0 Å². The molecule has 4 rings (SSSR count). The average Bonchev–Trinajstić information content (AvgIpc) is 3.14. The van der Waals surface area contributed by atoms with E-state index < -0.39 is 24.5 Å². The molecule has 0 unspecified atom stereocenters. The van der Waals surface area contributed by atoms with Gasteiger partial charge in [-0.05, 0) is 22.3 Å². The molecule has 0 saturated heterocycles. The van der Waals surface area contributed by atoms with Gasteiger partial charge in [-0.15, -0.1) is 0 Å². The van der Waals surface area contributed by atoms with E-state index in [9.17, 15) is 14.4 Å². The molecule has 9 heteroatoms. The second-order valence-corrected chi connectivity index (χ2v) is 7.14. The highest BCUT2D eigenvalue weighted by Crippen LogP contribution is 2.44. The average molecular weight is 432 g/mol. The molecule has 3 N–H and O–H groups in total. The molecular weight excluding hydrogens is 412 g/mol. The summed E-state index contributed by atoms with van der Waals surface area (Å²) in [5.74, 6) is -1.49. The molecular formula is C23H20N4O5. The Morgan fingerprint density at radius 1 is 0.906 bits per heavy atom. The van der Waals surface area contributed by atoms with Gasteiger partial charge < -0.3 is 20.5 Å². The predicted octanol–water partition coefficient (Wildman–Crippen LogP) is 2.33. The molecule has 0 radical (unpaired) electrons. The fourth-order valence-corrected chi connectivity index (χ4v) is 3.62. The summed E-state index contributed by atoms with van der Waals surface area (Å²) in [6.45, 7) is -0.277. The summed E-state index contributed by atoms with van der Waals surface area (Å²) < 4.78 is 5.45. The van der Waals surface area contributed by atoms with Gasteiger partial charge >= 0.3 is 12.1 Å². The number of aliphatic carboxylic acids is 1. The highest BCUT2D eigenvalue weighted by atomic mass is 16.5. The first kappa shape index (κ1) is 21.0. The summed E-state index contributed by atoms with van der Waals surface area (Å²) in [6, 6.07) is 16.2. The molecule has 2 amide bonds. The zero-order valence-corrected chi connectivity index (χ0v) is 16.9. The third-order valence-corrected chi connectivity index (χ3v) is 5.10. The lowest BCUT2D eigenvalue weighted by molar-refractivity contribution is -0.135. The third kappa shape index (κ3) is 4.56. The minimum absolute atomic E-state index is 0.0215. The first-order valence-electron chi connectivity index (χ1n) is 9.92. The van der Waals surface area contributed by atoms with Crippen molar-refractivity contribution in [2.24, 2.45) is 0 Å². The van der Waals surface area contributed by atoms with E-state index in [0.29, 0.717) is 0 Å². The summed E-state index contributed by atoms with van der Waals surface area (Å²) in [7, 11) is 0. The van der Waals surface area contributed by atoms with Crippen LogP contribution in [-0.2, 0) is 16.1 Å². The van der Waals surface area contributed by atoms with E-state index in [1.54, 1.807) is 0 Å². The summed E-state index contributed by atoms with van der Waals surface area (Å²) in [4.78, 5) is 42.5. The summed E-state index contributed by atoms with van der Waals surface area (Å²) >= 11 is 0. The molecule has 3 aromatic rings. The topological polar surface area (TPSA) is 131 Å². The van der Waals surface area contributed by atoms with Crippen LogP contribution in [0.1, 0.15) is 33.2 Å². The molecule has 162 valence electrons. The largest absolute Gasteiger partial charge is 0.480 e. The van der Waals surface area contributed by atoms with Gasteiger partial charge in [-0.25, -0.2) is 14.8 Å². The van der Waals surface area contributed by atoms with Gasteiger partial charge in [0.05, 0.1) is 12.1 Å². The molecule has 0 bridgehead atoms. The van der Waals surface area contributed by atoms with Gasteiger partial charge in [0.15, 0.2) is 0 Å². The molecule has 9 nitrogen and oxygen atoms in total. The number of ether oxygens (including phenoxy) is 1. The maximum Gasteiger partial charge on any atom is 0.407 e. The number of nitrogens with one attached hydrogen (secondary N) is 2. The molecule has 2 aromatic carbocycles. The van der Waals surface area contributed by atoms with Gasteiger partial charge in [0.2, 0.25) is 0 Å². The van der Waals surface area contributed by atoms with Gasteiger partial charge in [0, 0.05) is 18.3 Å². The van der Waals surface area contributed by atoms with E-state index in [1.165, 1.54) is 12.4 Å². The zero-order valence-electron chi connectivity index (χ0n) is 16.9. The Labute approximate surface area is 183 Å². The molecule has 1 aromatic heterocycles. The number of hydrogen-bond acceptors (Lipinski definition) is 6. The number of aromatic nitrogens is 2. The quantitative estimate of drug-likeness (QED) is 0.522. The maximum atomic E-state index is 12.2. The van der Waals surface area contributed by atoms with Crippen molar-refractivity contribution in [3.63, 3.8) is 0 Å². The highest BCUT2D eigenvalue weighted by molar-refractivity contribution is 5.95. The molecule has 0 saturated carbocycles. The van der Waals surface area contributed by atoms with Gasteiger partial charge in [-0.1, -0.05) is 48.5 Å². The Kier molecular flexibility index (Phi) is 6.07. The number of alkyl carbamates (subject to hydrolysis) is 1. The fraction of sp³-hybridized carbons (Fsp3) is 0.174. The SMILES string of the molecule is O=C(O)CNC(=O)c1cnc(CNC(=O)OCC2c3ccccc3-c3ccccc32)nc1. The molecule has 32 heavy (non-hydrogen) atoms. The van der Waals surface area contributed by atoms with Crippen molar-refractivity contribution in [1.82, 2.24) is 20.6 Å². The molecule has 1 aliphatic rings. The number of nitrogens with zero attached hydrogens (tertiary/aromatic N) is 2. The standard InChI is InChI=1S/C23H20N4O5/c28-21(29)12-26-22(30)14-9-24-20(25-10-14)11-27-23(31)32-13-19-17-7-3-1-5-15(17)16-6-2-4-8-18(16)19/h1-10,19H,11-13H2,(H,26,30)(H,27,31)(H,28,29). The number of carbonyl (C=O) groups excluding carboxylic acids is 2. The van der Waals surface area contributed by atoms with Crippen LogP contribution < -0.4 is 10.6 Å². The van der Waals surface area contributed by atoms with Crippen molar-refractivity contribution in [3.05, 3.63) is 83.4 Å². The van der Waals surface area contributed by atoms with Crippen molar-refractivity contribution in [1.29, 1.82) is 0 Å². The number of rotatable bonds is 7. The first-order chi connectivity index (χ1) is 15.5. The summed E-state index contributed by atoms with van der Waals surface area (Å²) in [5.41, 5.74) is 4.68. The van der Waals surface area contributed by atoms with Crippen LogP contribution in [0.3, 0.4) is 0 Å². The maximum absolute atomic E-state index is 12.2. The van der Waals surface area contributed by atoms with Crippen LogP contribution in [0.4, 0.5) is 4.79 Å².